The molecule has 1 aliphatic rings. The molecule has 1 saturated heterocycles. The van der Waals surface area contributed by atoms with Gasteiger partial charge in [0, 0.05) is 36.6 Å². The molecule has 22 heavy (non-hydrogen) atoms. The predicted molar refractivity (Wildman–Crippen MR) is 97.0 cm³/mol. The van der Waals surface area contributed by atoms with E-state index in [4.69, 9.17) is 11.6 Å². The van der Waals surface area contributed by atoms with Crippen molar-refractivity contribution < 1.29 is 4.39 Å². The van der Waals surface area contributed by atoms with E-state index in [1.54, 1.807) is 6.07 Å². The fourth-order valence-corrected chi connectivity index (χ4v) is 4.27. The summed E-state index contributed by atoms with van der Waals surface area (Å²) in [6, 6.07) is 9.27. The first-order valence-electron chi connectivity index (χ1n) is 6.81. The van der Waals surface area contributed by atoms with E-state index in [0.29, 0.717) is 10.0 Å². The van der Waals surface area contributed by atoms with E-state index < -0.39 is 0 Å². The summed E-state index contributed by atoms with van der Waals surface area (Å²) < 4.78 is 15.8. The van der Waals surface area contributed by atoms with Crippen molar-refractivity contribution >= 4 is 51.3 Å². The Morgan fingerprint density at radius 3 is 2.59 bits per heavy atom. The molecule has 0 saturated carbocycles. The molecule has 1 aliphatic heterocycles. The summed E-state index contributed by atoms with van der Waals surface area (Å²) in [5.41, 5.74) is 0.699. The standard InChI is InChI=1S/C15H15BrClFN2S.ClH/c16-11-3-1-2-10(14(11)18)15(12-4-5-13(17)21-12)20-8-6-19-7-9-20;/h1-5,15,19H,6-9H2;1H/t15-;/m1./s1. The van der Waals surface area contributed by atoms with E-state index in [9.17, 15) is 4.39 Å². The maximum Gasteiger partial charge on any atom is 0.142 e. The van der Waals surface area contributed by atoms with Gasteiger partial charge in [-0.05, 0) is 34.1 Å². The van der Waals surface area contributed by atoms with Crippen molar-refractivity contribution in [3.8, 4) is 0 Å². The number of benzene rings is 1. The van der Waals surface area contributed by atoms with E-state index in [-0.39, 0.29) is 24.3 Å². The second-order valence-corrected chi connectivity index (χ2v) is 7.57. The predicted octanol–water partition coefficient (Wildman–Crippen LogP) is 4.72. The zero-order chi connectivity index (χ0) is 14.8. The average Bonchev–Trinajstić information content (AvgIpc) is 2.91. The molecule has 0 unspecified atom stereocenters. The van der Waals surface area contributed by atoms with Crippen molar-refractivity contribution in [2.75, 3.05) is 26.2 Å². The van der Waals surface area contributed by atoms with Gasteiger partial charge < -0.3 is 5.32 Å². The van der Waals surface area contributed by atoms with Crippen molar-refractivity contribution in [3.63, 3.8) is 0 Å². The van der Waals surface area contributed by atoms with Crippen LogP contribution in [0.25, 0.3) is 0 Å². The Kier molecular flexibility index (Phi) is 6.68. The number of thiophene rings is 1. The number of rotatable bonds is 3. The van der Waals surface area contributed by atoms with Crippen LogP contribution in [-0.2, 0) is 0 Å². The minimum absolute atomic E-state index is 0. The molecule has 3 rings (SSSR count). The Balaban J connectivity index is 0.00000176. The SMILES string of the molecule is Cl.Fc1c(Br)cccc1[C@H](c1ccc(Cl)s1)N1CCNCC1. The summed E-state index contributed by atoms with van der Waals surface area (Å²) in [6.45, 7) is 3.63. The molecule has 2 heterocycles. The van der Waals surface area contributed by atoms with Crippen molar-refractivity contribution in [1.29, 1.82) is 0 Å². The van der Waals surface area contributed by atoms with Crippen LogP contribution >= 0.6 is 51.3 Å². The number of nitrogens with zero attached hydrogens (tertiary/aromatic N) is 1. The van der Waals surface area contributed by atoms with Crippen molar-refractivity contribution in [2.24, 2.45) is 0 Å². The van der Waals surface area contributed by atoms with Gasteiger partial charge in [0.25, 0.3) is 0 Å². The van der Waals surface area contributed by atoms with Gasteiger partial charge in [0.2, 0.25) is 0 Å². The normalized spacial score (nSPS) is 17.0. The summed E-state index contributed by atoms with van der Waals surface area (Å²) in [7, 11) is 0. The van der Waals surface area contributed by atoms with Crippen LogP contribution in [0.5, 0.6) is 0 Å². The molecule has 1 atom stereocenters. The smallest absolute Gasteiger partial charge is 0.142 e. The summed E-state index contributed by atoms with van der Waals surface area (Å²) in [4.78, 5) is 3.39. The van der Waals surface area contributed by atoms with E-state index in [1.165, 1.54) is 11.3 Å². The van der Waals surface area contributed by atoms with Gasteiger partial charge in [0.1, 0.15) is 5.82 Å². The number of hydrogen-bond acceptors (Lipinski definition) is 3. The zero-order valence-corrected chi connectivity index (χ0v) is 15.7. The molecule has 0 aliphatic carbocycles. The lowest BCUT2D eigenvalue weighted by Crippen LogP contribution is -2.45. The van der Waals surface area contributed by atoms with Crippen molar-refractivity contribution in [3.05, 3.63) is 55.4 Å². The van der Waals surface area contributed by atoms with Gasteiger partial charge in [-0.15, -0.1) is 23.7 Å². The zero-order valence-electron chi connectivity index (χ0n) is 11.7. The third-order valence-corrected chi connectivity index (χ3v) is 5.55. The van der Waals surface area contributed by atoms with Crippen LogP contribution in [0.4, 0.5) is 4.39 Å². The molecular formula is C15H16BrCl2FN2S. The highest BCUT2D eigenvalue weighted by atomic mass is 79.9. The monoisotopic (exact) mass is 424 g/mol. The quantitative estimate of drug-likeness (QED) is 0.765. The van der Waals surface area contributed by atoms with E-state index in [2.05, 4.69) is 26.1 Å². The molecule has 7 heteroatoms. The van der Waals surface area contributed by atoms with Gasteiger partial charge in [-0.3, -0.25) is 4.90 Å². The van der Waals surface area contributed by atoms with Crippen LogP contribution in [-0.4, -0.2) is 31.1 Å². The molecule has 2 aromatic rings. The first kappa shape index (κ1) is 18.2. The van der Waals surface area contributed by atoms with Crippen LogP contribution in [0.1, 0.15) is 16.5 Å². The third-order valence-electron chi connectivity index (χ3n) is 3.66. The summed E-state index contributed by atoms with van der Waals surface area (Å²) in [5, 5.41) is 3.34. The summed E-state index contributed by atoms with van der Waals surface area (Å²) in [6.07, 6.45) is 0. The van der Waals surface area contributed by atoms with Crippen LogP contribution < -0.4 is 5.32 Å². The molecule has 1 aromatic carbocycles. The molecule has 1 aromatic heterocycles. The minimum atomic E-state index is -0.189. The first-order chi connectivity index (χ1) is 10.2. The van der Waals surface area contributed by atoms with Crippen molar-refractivity contribution in [1.82, 2.24) is 10.2 Å². The lowest BCUT2D eigenvalue weighted by Gasteiger charge is -2.35. The molecule has 2 nitrogen and oxygen atoms in total. The van der Waals surface area contributed by atoms with E-state index in [1.807, 2.05) is 24.3 Å². The van der Waals surface area contributed by atoms with Gasteiger partial charge in [0.05, 0.1) is 14.9 Å². The van der Waals surface area contributed by atoms with Crippen LogP contribution in [0.2, 0.25) is 4.34 Å². The topological polar surface area (TPSA) is 15.3 Å². The Morgan fingerprint density at radius 2 is 1.95 bits per heavy atom. The lowest BCUT2D eigenvalue weighted by molar-refractivity contribution is 0.197. The fourth-order valence-electron chi connectivity index (χ4n) is 2.68. The first-order valence-corrected chi connectivity index (χ1v) is 8.79. The Morgan fingerprint density at radius 1 is 1.23 bits per heavy atom. The highest BCUT2D eigenvalue weighted by molar-refractivity contribution is 9.10. The number of nitrogens with one attached hydrogen (secondary N) is 1. The second kappa shape index (κ2) is 8.08. The van der Waals surface area contributed by atoms with Gasteiger partial charge in [-0.1, -0.05) is 23.7 Å². The Bertz CT molecular complexity index is 632. The molecule has 0 spiro atoms. The average molecular weight is 426 g/mol. The fraction of sp³-hybridized carbons (Fsp3) is 0.333. The number of hydrogen-bond donors (Lipinski definition) is 1. The Hall–Kier alpha value is -0.170. The van der Waals surface area contributed by atoms with Crippen LogP contribution in [0, 0.1) is 5.82 Å². The van der Waals surface area contributed by atoms with E-state index >= 15 is 0 Å². The highest BCUT2D eigenvalue weighted by Crippen LogP contribution is 2.37. The van der Waals surface area contributed by atoms with Gasteiger partial charge in [-0.25, -0.2) is 4.39 Å². The maximum absolute atomic E-state index is 14.6. The van der Waals surface area contributed by atoms with Gasteiger partial charge in [-0.2, -0.15) is 0 Å². The third kappa shape index (κ3) is 3.83. The molecule has 1 N–H and O–H groups in total. The Labute approximate surface area is 153 Å². The van der Waals surface area contributed by atoms with Crippen LogP contribution in [0.3, 0.4) is 0 Å². The summed E-state index contributed by atoms with van der Waals surface area (Å²) in [5.74, 6) is -0.189. The van der Waals surface area contributed by atoms with Crippen LogP contribution in [0.15, 0.2) is 34.8 Å². The molecular weight excluding hydrogens is 410 g/mol. The highest BCUT2D eigenvalue weighted by Gasteiger charge is 2.28. The molecule has 0 radical (unpaired) electrons. The number of piperazine rings is 1. The molecule has 0 bridgehead atoms. The lowest BCUT2D eigenvalue weighted by atomic mass is 10.0. The summed E-state index contributed by atoms with van der Waals surface area (Å²) >= 11 is 10.9. The maximum atomic E-state index is 14.6. The van der Waals surface area contributed by atoms with Gasteiger partial charge >= 0.3 is 0 Å². The van der Waals surface area contributed by atoms with E-state index in [0.717, 1.165) is 35.4 Å². The number of halogens is 4. The largest absolute Gasteiger partial charge is 0.314 e. The minimum Gasteiger partial charge on any atom is -0.314 e. The molecule has 120 valence electrons. The van der Waals surface area contributed by atoms with Gasteiger partial charge in [0.15, 0.2) is 0 Å². The molecule has 1 fully saturated rings. The second-order valence-electron chi connectivity index (χ2n) is 4.97. The van der Waals surface area contributed by atoms with Crippen molar-refractivity contribution in [2.45, 2.75) is 6.04 Å². The molecule has 0 amide bonds.